The molecule has 0 aromatic heterocycles. The van der Waals surface area contributed by atoms with Crippen LogP contribution in [0.15, 0.2) is 0 Å². The van der Waals surface area contributed by atoms with Gasteiger partial charge in [0.1, 0.15) is 0 Å². The number of ether oxygens (including phenoxy) is 1. The molecule has 0 aromatic rings. The number of carbonyl (C=O) groups excluding carboxylic acids is 1. The van der Waals surface area contributed by atoms with E-state index in [-0.39, 0.29) is 12.0 Å². The summed E-state index contributed by atoms with van der Waals surface area (Å²) < 4.78 is 5.47. The van der Waals surface area contributed by atoms with E-state index in [1.54, 1.807) is 0 Å². The van der Waals surface area contributed by atoms with Crippen molar-refractivity contribution in [1.82, 2.24) is 4.90 Å². The summed E-state index contributed by atoms with van der Waals surface area (Å²) in [4.78, 5) is 13.9. The van der Waals surface area contributed by atoms with E-state index in [1.807, 2.05) is 4.90 Å². The molecular formula is C11H20N2O2. The van der Waals surface area contributed by atoms with E-state index >= 15 is 0 Å². The van der Waals surface area contributed by atoms with Gasteiger partial charge in [0.2, 0.25) is 5.91 Å². The molecule has 1 aliphatic heterocycles. The summed E-state index contributed by atoms with van der Waals surface area (Å²) in [5.74, 6) is 0.231. The van der Waals surface area contributed by atoms with Gasteiger partial charge in [0.15, 0.2) is 0 Å². The molecule has 0 radical (unpaired) electrons. The summed E-state index contributed by atoms with van der Waals surface area (Å²) in [5, 5.41) is 0. The van der Waals surface area contributed by atoms with Crippen molar-refractivity contribution in [2.24, 2.45) is 5.73 Å². The first-order valence-electron chi connectivity index (χ1n) is 5.92. The van der Waals surface area contributed by atoms with E-state index in [0.29, 0.717) is 25.6 Å². The highest BCUT2D eigenvalue weighted by Gasteiger charge is 2.33. The molecule has 2 N–H and O–H groups in total. The Balaban J connectivity index is 1.80. The Hall–Kier alpha value is -0.610. The van der Waals surface area contributed by atoms with E-state index < -0.39 is 0 Å². The molecule has 1 atom stereocenters. The van der Waals surface area contributed by atoms with E-state index in [0.717, 1.165) is 32.3 Å². The summed E-state index contributed by atoms with van der Waals surface area (Å²) in [6.07, 6.45) is 5.15. The molecule has 0 spiro atoms. The summed E-state index contributed by atoms with van der Waals surface area (Å²) in [5.41, 5.74) is 5.52. The third-order valence-corrected chi connectivity index (χ3v) is 3.10. The maximum absolute atomic E-state index is 12.0. The molecule has 0 aromatic carbocycles. The maximum atomic E-state index is 12.0. The minimum Gasteiger partial charge on any atom is -0.378 e. The monoisotopic (exact) mass is 212 g/mol. The van der Waals surface area contributed by atoms with Crippen LogP contribution in [-0.2, 0) is 9.53 Å². The van der Waals surface area contributed by atoms with Crippen LogP contribution in [0.25, 0.3) is 0 Å². The van der Waals surface area contributed by atoms with Crippen molar-refractivity contribution >= 4 is 5.91 Å². The normalized spacial score (nSPS) is 25.5. The van der Waals surface area contributed by atoms with E-state index in [1.165, 1.54) is 0 Å². The standard InChI is InChI=1S/C11H20N2O2/c12-5-6-13(9-3-4-9)11(14)8-10-2-1-7-15-10/h9-10H,1-8,12H2. The molecule has 4 nitrogen and oxygen atoms in total. The van der Waals surface area contributed by atoms with E-state index in [4.69, 9.17) is 10.5 Å². The van der Waals surface area contributed by atoms with Gasteiger partial charge < -0.3 is 15.4 Å². The van der Waals surface area contributed by atoms with Crippen LogP contribution in [0.3, 0.4) is 0 Å². The number of carbonyl (C=O) groups is 1. The second-order valence-corrected chi connectivity index (χ2v) is 4.45. The second-order valence-electron chi connectivity index (χ2n) is 4.45. The molecule has 86 valence electrons. The van der Waals surface area contributed by atoms with Crippen molar-refractivity contribution in [1.29, 1.82) is 0 Å². The quantitative estimate of drug-likeness (QED) is 0.722. The van der Waals surface area contributed by atoms with Crippen LogP contribution >= 0.6 is 0 Å². The van der Waals surface area contributed by atoms with Crippen molar-refractivity contribution in [3.05, 3.63) is 0 Å². The number of amides is 1. The molecular weight excluding hydrogens is 192 g/mol. The molecule has 2 fully saturated rings. The molecule has 1 unspecified atom stereocenters. The minimum atomic E-state index is 0.163. The predicted molar refractivity (Wildman–Crippen MR) is 57.4 cm³/mol. The van der Waals surface area contributed by atoms with Crippen LogP contribution < -0.4 is 5.73 Å². The van der Waals surface area contributed by atoms with Crippen LogP contribution in [0.5, 0.6) is 0 Å². The van der Waals surface area contributed by atoms with Gasteiger partial charge in [-0.15, -0.1) is 0 Å². The van der Waals surface area contributed by atoms with Crippen LogP contribution in [0.4, 0.5) is 0 Å². The Bertz CT molecular complexity index is 223. The first-order valence-corrected chi connectivity index (χ1v) is 5.92. The fourth-order valence-electron chi connectivity index (χ4n) is 2.15. The highest BCUT2D eigenvalue weighted by atomic mass is 16.5. The first kappa shape index (κ1) is 10.9. The molecule has 1 saturated heterocycles. The SMILES string of the molecule is NCCN(C(=O)CC1CCCO1)C1CC1. The molecule has 1 aliphatic carbocycles. The molecule has 1 saturated carbocycles. The third kappa shape index (κ3) is 2.92. The molecule has 0 bridgehead atoms. The lowest BCUT2D eigenvalue weighted by Gasteiger charge is -2.23. The van der Waals surface area contributed by atoms with Crippen molar-refractivity contribution in [3.63, 3.8) is 0 Å². The first-order chi connectivity index (χ1) is 7.31. The second kappa shape index (κ2) is 4.94. The van der Waals surface area contributed by atoms with Crippen LogP contribution in [-0.4, -0.2) is 42.6 Å². The number of hydrogen-bond donors (Lipinski definition) is 1. The van der Waals surface area contributed by atoms with Gasteiger partial charge in [-0.05, 0) is 25.7 Å². The molecule has 2 aliphatic rings. The highest BCUT2D eigenvalue weighted by molar-refractivity contribution is 5.77. The predicted octanol–water partition coefficient (Wildman–Crippen LogP) is 0.505. The Morgan fingerprint density at radius 1 is 1.40 bits per heavy atom. The lowest BCUT2D eigenvalue weighted by Crippen LogP contribution is -2.38. The summed E-state index contributed by atoms with van der Waals surface area (Å²) >= 11 is 0. The summed E-state index contributed by atoms with van der Waals surface area (Å²) in [7, 11) is 0. The Labute approximate surface area is 90.8 Å². The number of rotatable bonds is 5. The van der Waals surface area contributed by atoms with Gasteiger partial charge in [0, 0.05) is 25.7 Å². The number of nitrogens with zero attached hydrogens (tertiary/aromatic N) is 1. The molecule has 1 heterocycles. The van der Waals surface area contributed by atoms with Crippen molar-refractivity contribution in [2.75, 3.05) is 19.7 Å². The van der Waals surface area contributed by atoms with E-state index in [9.17, 15) is 4.79 Å². The molecule has 15 heavy (non-hydrogen) atoms. The van der Waals surface area contributed by atoms with Crippen molar-refractivity contribution in [2.45, 2.75) is 44.2 Å². The molecule has 2 rings (SSSR count). The minimum absolute atomic E-state index is 0.163. The smallest absolute Gasteiger partial charge is 0.225 e. The van der Waals surface area contributed by atoms with Gasteiger partial charge in [-0.25, -0.2) is 0 Å². The fraction of sp³-hybridized carbons (Fsp3) is 0.909. The lowest BCUT2D eigenvalue weighted by molar-refractivity contribution is -0.133. The summed E-state index contributed by atoms with van der Waals surface area (Å²) in [6.45, 7) is 2.09. The zero-order valence-corrected chi connectivity index (χ0v) is 9.15. The number of nitrogens with two attached hydrogens (primary N) is 1. The topological polar surface area (TPSA) is 55.6 Å². The molecule has 1 amide bonds. The van der Waals surface area contributed by atoms with Crippen LogP contribution in [0.1, 0.15) is 32.1 Å². The van der Waals surface area contributed by atoms with Crippen LogP contribution in [0, 0.1) is 0 Å². The van der Waals surface area contributed by atoms with Crippen LogP contribution in [0.2, 0.25) is 0 Å². The highest BCUT2D eigenvalue weighted by Crippen LogP contribution is 2.28. The Kier molecular flexibility index (Phi) is 3.59. The molecule has 4 heteroatoms. The fourth-order valence-corrected chi connectivity index (χ4v) is 2.15. The van der Waals surface area contributed by atoms with E-state index in [2.05, 4.69) is 0 Å². The van der Waals surface area contributed by atoms with Gasteiger partial charge >= 0.3 is 0 Å². The lowest BCUT2D eigenvalue weighted by atomic mass is 10.1. The van der Waals surface area contributed by atoms with Gasteiger partial charge in [0.25, 0.3) is 0 Å². The third-order valence-electron chi connectivity index (χ3n) is 3.10. The summed E-state index contributed by atoms with van der Waals surface area (Å²) in [6, 6.07) is 0.474. The van der Waals surface area contributed by atoms with Gasteiger partial charge in [0.05, 0.1) is 12.5 Å². The maximum Gasteiger partial charge on any atom is 0.225 e. The van der Waals surface area contributed by atoms with Gasteiger partial charge in [-0.3, -0.25) is 4.79 Å². The van der Waals surface area contributed by atoms with Gasteiger partial charge in [-0.2, -0.15) is 0 Å². The Morgan fingerprint density at radius 3 is 2.73 bits per heavy atom. The largest absolute Gasteiger partial charge is 0.378 e. The Morgan fingerprint density at radius 2 is 2.20 bits per heavy atom. The zero-order chi connectivity index (χ0) is 10.7. The average molecular weight is 212 g/mol. The van der Waals surface area contributed by atoms with Crippen molar-refractivity contribution in [3.8, 4) is 0 Å². The van der Waals surface area contributed by atoms with Crippen molar-refractivity contribution < 1.29 is 9.53 Å². The zero-order valence-electron chi connectivity index (χ0n) is 9.15. The number of hydrogen-bond acceptors (Lipinski definition) is 3. The average Bonchev–Trinajstić information content (AvgIpc) is 2.93. The van der Waals surface area contributed by atoms with Gasteiger partial charge in [-0.1, -0.05) is 0 Å².